The van der Waals surface area contributed by atoms with E-state index in [1.165, 1.54) is 5.56 Å². The maximum atomic E-state index is 6.04. The van der Waals surface area contributed by atoms with Crippen LogP contribution in [0.1, 0.15) is 30.1 Å². The Morgan fingerprint density at radius 3 is 2.65 bits per heavy atom. The molecular formula is C20H20ClN5. The lowest BCUT2D eigenvalue weighted by molar-refractivity contribution is 0.245. The van der Waals surface area contributed by atoms with Crippen LogP contribution in [0.15, 0.2) is 55.0 Å². The molecule has 1 aliphatic heterocycles. The van der Waals surface area contributed by atoms with Crippen molar-refractivity contribution in [1.82, 2.24) is 19.9 Å². The van der Waals surface area contributed by atoms with E-state index < -0.39 is 0 Å². The van der Waals surface area contributed by atoms with Crippen molar-refractivity contribution >= 4 is 17.5 Å². The van der Waals surface area contributed by atoms with E-state index >= 15 is 0 Å². The Bertz CT molecular complexity index is 882. The largest absolute Gasteiger partial charge is 0.368 e. The van der Waals surface area contributed by atoms with Gasteiger partial charge < -0.3 is 5.73 Å². The number of pyridine rings is 1. The molecule has 3 heterocycles. The summed E-state index contributed by atoms with van der Waals surface area (Å²) >= 11 is 6.04. The first kappa shape index (κ1) is 16.9. The van der Waals surface area contributed by atoms with Gasteiger partial charge in [-0.25, -0.2) is 9.97 Å². The van der Waals surface area contributed by atoms with Crippen molar-refractivity contribution in [1.29, 1.82) is 0 Å². The van der Waals surface area contributed by atoms with Crippen molar-refractivity contribution in [3.63, 3.8) is 0 Å². The van der Waals surface area contributed by atoms with E-state index in [-0.39, 0.29) is 6.04 Å². The summed E-state index contributed by atoms with van der Waals surface area (Å²) in [7, 11) is 0. The molecule has 1 saturated heterocycles. The Morgan fingerprint density at radius 1 is 1.12 bits per heavy atom. The summed E-state index contributed by atoms with van der Waals surface area (Å²) in [6, 6.07) is 12.1. The molecule has 0 aliphatic carbocycles. The third-order valence-electron chi connectivity index (χ3n) is 4.81. The summed E-state index contributed by atoms with van der Waals surface area (Å²) in [6.07, 6.45) is 7.69. The highest BCUT2D eigenvalue weighted by molar-refractivity contribution is 6.30. The van der Waals surface area contributed by atoms with Crippen LogP contribution >= 0.6 is 11.6 Å². The number of hydrogen-bond donors (Lipinski definition) is 1. The molecule has 0 spiro atoms. The molecule has 1 aliphatic rings. The van der Waals surface area contributed by atoms with Crippen LogP contribution in [0.25, 0.3) is 11.1 Å². The first-order valence-corrected chi connectivity index (χ1v) is 9.10. The van der Waals surface area contributed by atoms with Gasteiger partial charge in [0.2, 0.25) is 5.95 Å². The van der Waals surface area contributed by atoms with Gasteiger partial charge in [-0.05, 0) is 54.8 Å². The molecule has 3 aromatic rings. The van der Waals surface area contributed by atoms with Crippen molar-refractivity contribution in [2.75, 3.05) is 12.3 Å². The average molecular weight is 366 g/mol. The number of likely N-dealkylation sites (tertiary alicyclic amines) is 1. The molecule has 2 aromatic heterocycles. The topological polar surface area (TPSA) is 67.9 Å². The molecule has 1 aromatic carbocycles. The van der Waals surface area contributed by atoms with E-state index in [1.807, 2.05) is 42.9 Å². The summed E-state index contributed by atoms with van der Waals surface area (Å²) in [5, 5.41) is 0.715. The van der Waals surface area contributed by atoms with Crippen LogP contribution in [0.4, 0.5) is 5.95 Å². The lowest BCUT2D eigenvalue weighted by Crippen LogP contribution is -2.24. The van der Waals surface area contributed by atoms with Crippen LogP contribution in [0.5, 0.6) is 0 Å². The number of nitrogens with zero attached hydrogens (tertiary/aromatic N) is 4. The zero-order chi connectivity index (χ0) is 17.9. The lowest BCUT2D eigenvalue weighted by atomic mass is 9.99. The second-order valence-corrected chi connectivity index (χ2v) is 6.95. The molecule has 1 fully saturated rings. The van der Waals surface area contributed by atoms with E-state index in [0.29, 0.717) is 11.0 Å². The maximum Gasteiger partial charge on any atom is 0.220 e. The summed E-state index contributed by atoms with van der Waals surface area (Å²) < 4.78 is 0. The van der Waals surface area contributed by atoms with Crippen molar-refractivity contribution < 1.29 is 0 Å². The van der Waals surface area contributed by atoms with E-state index in [9.17, 15) is 0 Å². The molecule has 5 nitrogen and oxygen atoms in total. The van der Waals surface area contributed by atoms with Gasteiger partial charge in [-0.3, -0.25) is 9.88 Å². The normalized spacial score (nSPS) is 17.5. The first-order chi connectivity index (χ1) is 12.7. The molecule has 4 rings (SSSR count). The third kappa shape index (κ3) is 3.54. The number of nitrogen functional groups attached to an aromatic ring is 1. The molecule has 0 saturated carbocycles. The zero-order valence-electron chi connectivity index (χ0n) is 14.3. The maximum absolute atomic E-state index is 6.04. The van der Waals surface area contributed by atoms with E-state index in [2.05, 4.69) is 32.0 Å². The van der Waals surface area contributed by atoms with Crippen LogP contribution in [-0.2, 0) is 6.54 Å². The Balaban J connectivity index is 1.69. The molecule has 132 valence electrons. The van der Waals surface area contributed by atoms with Gasteiger partial charge in [0, 0.05) is 35.7 Å². The minimum atomic E-state index is 0.221. The van der Waals surface area contributed by atoms with Crippen LogP contribution < -0.4 is 5.73 Å². The average Bonchev–Trinajstić information content (AvgIpc) is 3.11. The Morgan fingerprint density at radius 2 is 1.88 bits per heavy atom. The van der Waals surface area contributed by atoms with E-state index in [1.54, 1.807) is 0 Å². The summed E-state index contributed by atoms with van der Waals surface area (Å²) in [6.45, 7) is 1.91. The Hall–Kier alpha value is -2.50. The summed E-state index contributed by atoms with van der Waals surface area (Å²) in [5.41, 5.74) is 10.2. The van der Waals surface area contributed by atoms with Crippen molar-refractivity contribution in [3.8, 4) is 11.1 Å². The number of aromatic nitrogens is 3. The van der Waals surface area contributed by atoms with E-state index in [0.717, 1.165) is 42.8 Å². The monoisotopic (exact) mass is 365 g/mol. The standard InChI is InChI=1S/C20H20ClN5/c21-16-5-3-15(4-6-16)17-12-24-20(22)25-19(17)18-2-1-11-26(18)13-14-7-9-23-10-8-14/h3-10,12,18H,1-2,11,13H2,(H2,22,24,25). The lowest BCUT2D eigenvalue weighted by Gasteiger charge is -2.26. The quantitative estimate of drug-likeness (QED) is 0.753. The van der Waals surface area contributed by atoms with Crippen molar-refractivity contribution in [2.45, 2.75) is 25.4 Å². The van der Waals surface area contributed by atoms with Gasteiger partial charge >= 0.3 is 0 Å². The molecule has 26 heavy (non-hydrogen) atoms. The number of anilines is 1. The van der Waals surface area contributed by atoms with Gasteiger partial charge in [-0.1, -0.05) is 23.7 Å². The van der Waals surface area contributed by atoms with Crippen LogP contribution in [0.3, 0.4) is 0 Å². The predicted octanol–water partition coefficient (Wildman–Crippen LogP) is 4.11. The Labute approximate surface area is 157 Å². The number of benzene rings is 1. The number of nitrogens with two attached hydrogens (primary N) is 1. The third-order valence-corrected chi connectivity index (χ3v) is 5.06. The highest BCUT2D eigenvalue weighted by atomic mass is 35.5. The minimum Gasteiger partial charge on any atom is -0.368 e. The molecule has 1 atom stereocenters. The predicted molar refractivity (Wildman–Crippen MR) is 104 cm³/mol. The van der Waals surface area contributed by atoms with Gasteiger partial charge in [0.05, 0.1) is 11.7 Å². The fourth-order valence-electron chi connectivity index (χ4n) is 3.56. The van der Waals surface area contributed by atoms with Gasteiger partial charge in [0.1, 0.15) is 0 Å². The van der Waals surface area contributed by atoms with Gasteiger partial charge in [-0.15, -0.1) is 0 Å². The molecule has 0 bridgehead atoms. The SMILES string of the molecule is Nc1ncc(-c2ccc(Cl)cc2)c(C2CCCN2Cc2ccncc2)n1. The van der Waals surface area contributed by atoms with Gasteiger partial charge in [0.15, 0.2) is 0 Å². The molecule has 1 unspecified atom stereocenters. The van der Waals surface area contributed by atoms with Crippen molar-refractivity contribution in [2.24, 2.45) is 0 Å². The van der Waals surface area contributed by atoms with Crippen LogP contribution in [0, 0.1) is 0 Å². The van der Waals surface area contributed by atoms with Crippen LogP contribution in [-0.4, -0.2) is 26.4 Å². The Kier molecular flexibility index (Phi) is 4.82. The van der Waals surface area contributed by atoms with Gasteiger partial charge in [0.25, 0.3) is 0 Å². The van der Waals surface area contributed by atoms with E-state index in [4.69, 9.17) is 17.3 Å². The second-order valence-electron chi connectivity index (χ2n) is 6.52. The molecule has 0 amide bonds. The van der Waals surface area contributed by atoms with Crippen molar-refractivity contribution in [3.05, 3.63) is 71.3 Å². The highest BCUT2D eigenvalue weighted by Gasteiger charge is 2.29. The molecule has 0 radical (unpaired) electrons. The minimum absolute atomic E-state index is 0.221. The summed E-state index contributed by atoms with van der Waals surface area (Å²) in [4.78, 5) is 15.4. The smallest absolute Gasteiger partial charge is 0.220 e. The number of rotatable bonds is 4. The highest BCUT2D eigenvalue weighted by Crippen LogP contribution is 2.37. The fraction of sp³-hybridized carbons (Fsp3) is 0.250. The fourth-order valence-corrected chi connectivity index (χ4v) is 3.69. The summed E-state index contributed by atoms with van der Waals surface area (Å²) in [5.74, 6) is 0.313. The number of halogens is 1. The zero-order valence-corrected chi connectivity index (χ0v) is 15.1. The van der Waals surface area contributed by atoms with Crippen LogP contribution in [0.2, 0.25) is 5.02 Å². The molecular weight excluding hydrogens is 346 g/mol. The number of hydrogen-bond acceptors (Lipinski definition) is 5. The second kappa shape index (κ2) is 7.40. The molecule has 6 heteroatoms. The van der Waals surface area contributed by atoms with Gasteiger partial charge in [-0.2, -0.15) is 0 Å². The first-order valence-electron chi connectivity index (χ1n) is 8.72. The molecule has 2 N–H and O–H groups in total.